The van der Waals surface area contributed by atoms with E-state index in [1.54, 1.807) is 0 Å². The molecule has 4 rings (SSSR count). The summed E-state index contributed by atoms with van der Waals surface area (Å²) in [5.41, 5.74) is 8.02. The summed E-state index contributed by atoms with van der Waals surface area (Å²) in [5.74, 6) is 0. The number of aryl methyl sites for hydroxylation is 2. The average Bonchev–Trinajstić information content (AvgIpc) is 2.99. The van der Waals surface area contributed by atoms with Crippen LogP contribution in [0, 0.1) is 13.8 Å². The maximum Gasteiger partial charge on any atom is 0.0703 e. The zero-order valence-electron chi connectivity index (χ0n) is 16.0. The number of benzene rings is 2. The van der Waals surface area contributed by atoms with E-state index in [2.05, 4.69) is 72.8 Å². The SMILES string of the molecule is CCc1ccc(-n2c(C)cc(C=Nc3ccc4ncccc4c3)c2C)cc1. The van der Waals surface area contributed by atoms with Crippen LogP contribution in [-0.4, -0.2) is 15.8 Å². The van der Waals surface area contributed by atoms with Gasteiger partial charge < -0.3 is 4.57 Å². The third-order valence-corrected chi connectivity index (χ3v) is 5.01. The normalized spacial score (nSPS) is 11.5. The van der Waals surface area contributed by atoms with E-state index in [1.807, 2.05) is 30.6 Å². The molecule has 0 unspecified atom stereocenters. The molecule has 0 amide bonds. The highest BCUT2D eigenvalue weighted by Crippen LogP contribution is 2.23. The van der Waals surface area contributed by atoms with Gasteiger partial charge in [0.1, 0.15) is 0 Å². The number of hydrogen-bond donors (Lipinski definition) is 0. The summed E-state index contributed by atoms with van der Waals surface area (Å²) in [5, 5.41) is 1.11. The van der Waals surface area contributed by atoms with Crippen LogP contribution in [0.25, 0.3) is 16.6 Å². The maximum atomic E-state index is 4.70. The lowest BCUT2D eigenvalue weighted by molar-refractivity contribution is 0.962. The molecule has 0 radical (unpaired) electrons. The highest BCUT2D eigenvalue weighted by molar-refractivity contribution is 5.87. The van der Waals surface area contributed by atoms with Crippen molar-refractivity contribution in [1.29, 1.82) is 0 Å². The van der Waals surface area contributed by atoms with Crippen molar-refractivity contribution in [3.05, 3.63) is 89.4 Å². The molecule has 0 spiro atoms. The summed E-state index contributed by atoms with van der Waals surface area (Å²) in [6, 6.07) is 21.1. The Morgan fingerprint density at radius 3 is 2.59 bits per heavy atom. The Labute approximate surface area is 160 Å². The number of aliphatic imine (C=N–C) groups is 1. The second-order valence-electron chi connectivity index (χ2n) is 6.82. The second-order valence-corrected chi connectivity index (χ2v) is 6.82. The van der Waals surface area contributed by atoms with Crippen LogP contribution in [0.15, 0.2) is 71.9 Å². The zero-order chi connectivity index (χ0) is 18.8. The molecule has 0 saturated heterocycles. The van der Waals surface area contributed by atoms with Gasteiger partial charge >= 0.3 is 0 Å². The fourth-order valence-corrected chi connectivity index (χ4v) is 3.48. The lowest BCUT2D eigenvalue weighted by atomic mass is 10.1. The molecule has 27 heavy (non-hydrogen) atoms. The van der Waals surface area contributed by atoms with Gasteiger partial charge in [-0.05, 0) is 68.3 Å². The Bertz CT molecular complexity index is 1120. The number of nitrogens with zero attached hydrogens (tertiary/aromatic N) is 3. The van der Waals surface area contributed by atoms with Crippen molar-refractivity contribution < 1.29 is 0 Å². The minimum absolute atomic E-state index is 0.938. The third kappa shape index (κ3) is 3.41. The molecule has 0 saturated carbocycles. The van der Waals surface area contributed by atoms with E-state index < -0.39 is 0 Å². The highest BCUT2D eigenvalue weighted by atomic mass is 15.0. The monoisotopic (exact) mass is 353 g/mol. The standard InChI is InChI=1S/C24H23N3/c1-4-19-7-10-23(11-8-19)27-17(2)14-21(18(27)3)16-26-22-9-12-24-20(15-22)6-5-13-25-24/h5-16H,4H2,1-3H3. The van der Waals surface area contributed by atoms with Crippen molar-refractivity contribution in [3.63, 3.8) is 0 Å². The molecular weight excluding hydrogens is 330 g/mol. The fourth-order valence-electron chi connectivity index (χ4n) is 3.48. The van der Waals surface area contributed by atoms with E-state index in [9.17, 15) is 0 Å². The predicted octanol–water partition coefficient (Wildman–Crippen LogP) is 5.96. The molecule has 0 bridgehead atoms. The molecule has 3 heteroatoms. The molecule has 0 aliphatic heterocycles. The summed E-state index contributed by atoms with van der Waals surface area (Å²) in [6.07, 6.45) is 4.83. The van der Waals surface area contributed by atoms with E-state index in [4.69, 9.17) is 4.99 Å². The first kappa shape index (κ1) is 17.2. The maximum absolute atomic E-state index is 4.70. The number of fused-ring (bicyclic) bond motifs is 1. The molecule has 0 atom stereocenters. The molecule has 0 N–H and O–H groups in total. The van der Waals surface area contributed by atoms with Crippen LogP contribution in [0.4, 0.5) is 5.69 Å². The number of hydrogen-bond acceptors (Lipinski definition) is 2. The molecule has 2 aromatic carbocycles. The third-order valence-electron chi connectivity index (χ3n) is 5.01. The second kappa shape index (κ2) is 7.20. The van der Waals surface area contributed by atoms with Crippen LogP contribution >= 0.6 is 0 Å². The van der Waals surface area contributed by atoms with Gasteiger partial charge in [0.05, 0.1) is 11.2 Å². The van der Waals surface area contributed by atoms with Crippen molar-refractivity contribution in [3.8, 4) is 5.69 Å². The van der Waals surface area contributed by atoms with Gasteiger partial charge in [-0.15, -0.1) is 0 Å². The van der Waals surface area contributed by atoms with Crippen LogP contribution in [0.5, 0.6) is 0 Å². The van der Waals surface area contributed by atoms with E-state index in [0.717, 1.165) is 28.6 Å². The molecule has 0 aliphatic rings. The van der Waals surface area contributed by atoms with Crippen molar-refractivity contribution in [2.24, 2.45) is 4.99 Å². The van der Waals surface area contributed by atoms with Crippen molar-refractivity contribution in [1.82, 2.24) is 9.55 Å². The predicted molar refractivity (Wildman–Crippen MR) is 114 cm³/mol. The van der Waals surface area contributed by atoms with Crippen LogP contribution in [0.2, 0.25) is 0 Å². The van der Waals surface area contributed by atoms with Gasteiger partial charge in [-0.25, -0.2) is 0 Å². The summed E-state index contributed by atoms with van der Waals surface area (Å²) in [6.45, 7) is 6.46. The van der Waals surface area contributed by atoms with Gasteiger partial charge in [-0.3, -0.25) is 9.98 Å². The summed E-state index contributed by atoms with van der Waals surface area (Å²) in [7, 11) is 0. The Morgan fingerprint density at radius 2 is 1.81 bits per heavy atom. The summed E-state index contributed by atoms with van der Waals surface area (Å²) < 4.78 is 2.28. The van der Waals surface area contributed by atoms with Gasteiger partial charge in [-0.2, -0.15) is 0 Å². The molecule has 4 aromatic rings. The lowest BCUT2D eigenvalue weighted by Gasteiger charge is -2.10. The minimum Gasteiger partial charge on any atom is -0.318 e. The largest absolute Gasteiger partial charge is 0.318 e. The fraction of sp³-hybridized carbons (Fsp3) is 0.167. The highest BCUT2D eigenvalue weighted by Gasteiger charge is 2.09. The van der Waals surface area contributed by atoms with Crippen LogP contribution in [0.1, 0.15) is 29.4 Å². The van der Waals surface area contributed by atoms with Crippen LogP contribution in [-0.2, 0) is 6.42 Å². The quantitative estimate of drug-likeness (QED) is 0.417. The average molecular weight is 353 g/mol. The molecule has 2 aromatic heterocycles. The Kier molecular flexibility index (Phi) is 4.59. The molecule has 0 aliphatic carbocycles. The minimum atomic E-state index is 0.938. The number of pyridine rings is 1. The van der Waals surface area contributed by atoms with Gasteiger partial charge in [-0.1, -0.05) is 25.1 Å². The van der Waals surface area contributed by atoms with Gasteiger partial charge in [0.2, 0.25) is 0 Å². The molecule has 2 heterocycles. The Morgan fingerprint density at radius 1 is 1.00 bits per heavy atom. The van der Waals surface area contributed by atoms with E-state index >= 15 is 0 Å². The van der Waals surface area contributed by atoms with Crippen molar-refractivity contribution in [2.45, 2.75) is 27.2 Å². The molecular formula is C24H23N3. The molecule has 0 fully saturated rings. The zero-order valence-corrected chi connectivity index (χ0v) is 16.0. The van der Waals surface area contributed by atoms with Gasteiger partial charge in [0.15, 0.2) is 0 Å². The number of aromatic nitrogens is 2. The van der Waals surface area contributed by atoms with E-state index in [1.165, 1.54) is 22.6 Å². The topological polar surface area (TPSA) is 30.2 Å². The van der Waals surface area contributed by atoms with Crippen molar-refractivity contribution in [2.75, 3.05) is 0 Å². The first-order chi connectivity index (χ1) is 13.2. The van der Waals surface area contributed by atoms with Crippen LogP contribution in [0.3, 0.4) is 0 Å². The lowest BCUT2D eigenvalue weighted by Crippen LogP contribution is -1.99. The van der Waals surface area contributed by atoms with Crippen LogP contribution < -0.4 is 0 Å². The number of rotatable bonds is 4. The van der Waals surface area contributed by atoms with E-state index in [0.29, 0.717) is 0 Å². The first-order valence-corrected chi connectivity index (χ1v) is 9.33. The summed E-state index contributed by atoms with van der Waals surface area (Å²) >= 11 is 0. The summed E-state index contributed by atoms with van der Waals surface area (Å²) in [4.78, 5) is 9.06. The Balaban J connectivity index is 1.66. The van der Waals surface area contributed by atoms with Crippen molar-refractivity contribution >= 4 is 22.8 Å². The van der Waals surface area contributed by atoms with E-state index in [-0.39, 0.29) is 0 Å². The Hall–Kier alpha value is -3.20. The smallest absolute Gasteiger partial charge is 0.0703 e. The molecule has 3 nitrogen and oxygen atoms in total. The first-order valence-electron chi connectivity index (χ1n) is 9.33. The van der Waals surface area contributed by atoms with Gasteiger partial charge in [0, 0.05) is 40.4 Å². The van der Waals surface area contributed by atoms with Gasteiger partial charge in [0.25, 0.3) is 0 Å². The molecule has 134 valence electrons.